The van der Waals surface area contributed by atoms with Gasteiger partial charge in [-0.2, -0.15) is 0 Å². The molecule has 1 aliphatic carbocycles. The molecule has 0 bridgehead atoms. The Bertz CT molecular complexity index is 326. The van der Waals surface area contributed by atoms with Gasteiger partial charge in [-0.3, -0.25) is 4.79 Å². The molecule has 0 amide bonds. The van der Waals surface area contributed by atoms with Crippen LogP contribution in [0.25, 0.3) is 0 Å². The van der Waals surface area contributed by atoms with Crippen LogP contribution in [0.5, 0.6) is 0 Å². The molecule has 0 aromatic rings. The third-order valence-electron chi connectivity index (χ3n) is 4.74. The van der Waals surface area contributed by atoms with Crippen molar-refractivity contribution in [3.63, 3.8) is 0 Å². The fourth-order valence-electron chi connectivity index (χ4n) is 2.60. The van der Waals surface area contributed by atoms with E-state index >= 15 is 0 Å². The third-order valence-corrected chi connectivity index (χ3v) is 9.27. The van der Waals surface area contributed by atoms with Crippen LogP contribution in [0.3, 0.4) is 0 Å². The molecule has 1 saturated carbocycles. The normalized spacial score (nSPS) is 29.4. The van der Waals surface area contributed by atoms with Gasteiger partial charge in [-0.25, -0.2) is 0 Å². The molecule has 1 aliphatic rings. The lowest BCUT2D eigenvalue weighted by Crippen LogP contribution is -2.49. The van der Waals surface area contributed by atoms with Gasteiger partial charge in [0.25, 0.3) is 0 Å². The molecule has 2 atom stereocenters. The lowest BCUT2D eigenvalue weighted by molar-refractivity contribution is -0.137. The zero-order chi connectivity index (χ0) is 14.4. The number of hydrogen-bond acceptors (Lipinski definition) is 2. The minimum atomic E-state index is -1.72. The minimum absolute atomic E-state index is 0.142. The van der Waals surface area contributed by atoms with Gasteiger partial charge in [0.15, 0.2) is 8.32 Å². The molecule has 106 valence electrons. The molecule has 0 aromatic heterocycles. The van der Waals surface area contributed by atoms with E-state index in [0.29, 0.717) is 5.78 Å². The summed E-state index contributed by atoms with van der Waals surface area (Å²) in [4.78, 5) is 12.1. The van der Waals surface area contributed by atoms with Crippen LogP contribution in [-0.2, 0) is 9.22 Å². The zero-order valence-corrected chi connectivity index (χ0v) is 14.4. The molecule has 0 aliphatic heterocycles. The highest BCUT2D eigenvalue weighted by molar-refractivity contribution is 6.74. The van der Waals surface area contributed by atoms with Crippen LogP contribution in [0.4, 0.5) is 0 Å². The first-order valence-corrected chi connectivity index (χ1v) is 10.00. The quantitative estimate of drug-likeness (QED) is 0.695. The summed E-state index contributed by atoms with van der Waals surface area (Å²) in [7, 11) is -1.72. The van der Waals surface area contributed by atoms with Crippen LogP contribution in [0, 0.1) is 11.3 Å². The van der Waals surface area contributed by atoms with Gasteiger partial charge < -0.3 is 4.43 Å². The summed E-state index contributed by atoms with van der Waals surface area (Å²) in [5, 5.41) is 0.238. The predicted octanol–water partition coefficient (Wildman–Crippen LogP) is 4.40. The number of rotatable bonds is 2. The molecule has 1 fully saturated rings. The van der Waals surface area contributed by atoms with Gasteiger partial charge in [0.05, 0.1) is 0 Å². The van der Waals surface area contributed by atoms with E-state index in [-0.39, 0.29) is 22.5 Å². The monoisotopic (exact) mass is 270 g/mol. The highest BCUT2D eigenvalue weighted by Gasteiger charge is 2.45. The first-order chi connectivity index (χ1) is 7.87. The van der Waals surface area contributed by atoms with Crippen molar-refractivity contribution in [1.29, 1.82) is 0 Å². The van der Waals surface area contributed by atoms with Crippen molar-refractivity contribution in [3.8, 4) is 0 Å². The second kappa shape index (κ2) is 4.75. The van der Waals surface area contributed by atoms with Gasteiger partial charge in [-0.1, -0.05) is 41.5 Å². The summed E-state index contributed by atoms with van der Waals surface area (Å²) >= 11 is 0. The van der Waals surface area contributed by atoms with E-state index < -0.39 is 8.32 Å². The third kappa shape index (κ3) is 3.24. The first-order valence-electron chi connectivity index (χ1n) is 7.09. The number of hydrogen-bond donors (Lipinski definition) is 0. The summed E-state index contributed by atoms with van der Waals surface area (Å²) in [5.41, 5.74) is -0.218. The van der Waals surface area contributed by atoms with Crippen LogP contribution in [0.15, 0.2) is 0 Å². The fourth-order valence-corrected chi connectivity index (χ4v) is 3.97. The van der Waals surface area contributed by atoms with Crippen molar-refractivity contribution < 1.29 is 9.22 Å². The molecule has 1 rings (SSSR count). The summed E-state index contributed by atoms with van der Waals surface area (Å²) in [6.07, 6.45) is 2.03. The summed E-state index contributed by atoms with van der Waals surface area (Å²) in [6, 6.07) is 0. The van der Waals surface area contributed by atoms with Crippen LogP contribution < -0.4 is 0 Å². The molecule has 0 radical (unpaired) electrons. The lowest BCUT2D eigenvalue weighted by atomic mass is 9.70. The Morgan fingerprint density at radius 3 is 2.17 bits per heavy atom. The van der Waals surface area contributed by atoms with Crippen LogP contribution in [0.1, 0.15) is 54.4 Å². The SMILES string of the molecule is C[C@H]1C[C@@H](O[Si](C)(C)C(C)(C)C)CC(C)(C)C1=O. The molecular weight excluding hydrogens is 240 g/mol. The van der Waals surface area contributed by atoms with E-state index in [1.807, 2.05) is 6.92 Å². The van der Waals surface area contributed by atoms with Crippen molar-refractivity contribution >= 4 is 14.1 Å². The van der Waals surface area contributed by atoms with Gasteiger partial charge in [-0.05, 0) is 31.0 Å². The van der Waals surface area contributed by atoms with Gasteiger partial charge in [0.1, 0.15) is 5.78 Å². The molecule has 0 saturated heterocycles. The topological polar surface area (TPSA) is 26.3 Å². The van der Waals surface area contributed by atoms with Crippen molar-refractivity contribution in [1.82, 2.24) is 0 Å². The fraction of sp³-hybridized carbons (Fsp3) is 0.933. The average molecular weight is 270 g/mol. The summed E-state index contributed by atoms with van der Waals surface area (Å²) in [5.74, 6) is 0.543. The Labute approximate surface area is 114 Å². The highest BCUT2D eigenvalue weighted by Crippen LogP contribution is 2.42. The van der Waals surface area contributed by atoms with E-state index in [2.05, 4.69) is 47.7 Å². The number of Topliss-reactive ketones (excluding diaryl/α,β-unsaturated/α-hetero) is 1. The average Bonchev–Trinajstić information content (AvgIpc) is 2.10. The Morgan fingerprint density at radius 2 is 1.78 bits per heavy atom. The molecule has 18 heavy (non-hydrogen) atoms. The zero-order valence-electron chi connectivity index (χ0n) is 13.4. The van der Waals surface area contributed by atoms with Crippen LogP contribution in [-0.4, -0.2) is 20.2 Å². The molecule has 2 nitrogen and oxygen atoms in total. The Hall–Kier alpha value is -0.153. The predicted molar refractivity (Wildman–Crippen MR) is 79.3 cm³/mol. The number of ketones is 1. The van der Waals surface area contributed by atoms with Crippen molar-refractivity contribution in [2.75, 3.05) is 0 Å². The van der Waals surface area contributed by atoms with E-state index in [9.17, 15) is 4.79 Å². The van der Waals surface area contributed by atoms with Crippen LogP contribution >= 0.6 is 0 Å². The summed E-state index contributed by atoms with van der Waals surface area (Å²) in [6.45, 7) is 17.6. The lowest BCUT2D eigenvalue weighted by Gasteiger charge is -2.44. The molecule has 0 spiro atoms. The van der Waals surface area contributed by atoms with Crippen molar-refractivity contribution in [2.45, 2.75) is 78.6 Å². The molecule has 3 heteroatoms. The second-order valence-corrected chi connectivity index (χ2v) is 12.8. The molecule has 0 heterocycles. The number of carbonyl (C=O) groups is 1. The van der Waals surface area contributed by atoms with Gasteiger partial charge in [-0.15, -0.1) is 0 Å². The van der Waals surface area contributed by atoms with Gasteiger partial charge in [0, 0.05) is 17.4 Å². The van der Waals surface area contributed by atoms with E-state index in [4.69, 9.17) is 4.43 Å². The maximum atomic E-state index is 12.1. The standard InChI is InChI=1S/C15H30O2Si/c1-11-9-12(10-15(5,6)13(11)16)17-18(7,8)14(2,3)4/h11-12H,9-10H2,1-8H3/t11-,12+/m0/s1. The molecule has 0 unspecified atom stereocenters. The minimum Gasteiger partial charge on any atom is -0.414 e. The molecule has 0 aromatic carbocycles. The Kier molecular flexibility index (Phi) is 4.20. The molecular formula is C15H30O2Si. The van der Waals surface area contributed by atoms with Crippen LogP contribution in [0.2, 0.25) is 18.1 Å². The van der Waals surface area contributed by atoms with Crippen molar-refractivity contribution in [2.24, 2.45) is 11.3 Å². The maximum Gasteiger partial charge on any atom is 0.192 e. The van der Waals surface area contributed by atoms with E-state index in [1.54, 1.807) is 0 Å². The smallest absolute Gasteiger partial charge is 0.192 e. The highest BCUT2D eigenvalue weighted by atomic mass is 28.4. The maximum absolute atomic E-state index is 12.1. The Morgan fingerprint density at radius 1 is 1.28 bits per heavy atom. The number of carbonyl (C=O) groups excluding carboxylic acids is 1. The van der Waals surface area contributed by atoms with Gasteiger partial charge in [0.2, 0.25) is 0 Å². The van der Waals surface area contributed by atoms with E-state index in [1.165, 1.54) is 0 Å². The van der Waals surface area contributed by atoms with E-state index in [0.717, 1.165) is 12.8 Å². The Balaban J connectivity index is 2.79. The first kappa shape index (κ1) is 15.9. The van der Waals surface area contributed by atoms with Crippen molar-refractivity contribution in [3.05, 3.63) is 0 Å². The summed E-state index contributed by atoms with van der Waals surface area (Å²) < 4.78 is 6.48. The largest absolute Gasteiger partial charge is 0.414 e. The molecule has 0 N–H and O–H groups in total. The second-order valence-electron chi connectivity index (χ2n) is 8.09. The van der Waals surface area contributed by atoms with Gasteiger partial charge >= 0.3 is 0 Å².